The lowest BCUT2D eigenvalue weighted by Crippen LogP contribution is -2.10. The Balaban J connectivity index is 1.78. The van der Waals surface area contributed by atoms with Gasteiger partial charge in [0.2, 0.25) is 0 Å². The molecule has 0 radical (unpaired) electrons. The lowest BCUT2D eigenvalue weighted by Gasteiger charge is -2.09. The molecule has 0 aliphatic heterocycles. The maximum Gasteiger partial charge on any atom is 0.357 e. The fourth-order valence-corrected chi connectivity index (χ4v) is 3.55. The van der Waals surface area contributed by atoms with Gasteiger partial charge in [-0.25, -0.2) is 9.97 Å². The predicted molar refractivity (Wildman–Crippen MR) is 106 cm³/mol. The van der Waals surface area contributed by atoms with Gasteiger partial charge >= 0.3 is 10.3 Å². The van der Waals surface area contributed by atoms with Crippen molar-refractivity contribution < 1.29 is 13.0 Å². The Morgan fingerprint density at radius 1 is 1.22 bits per heavy atom. The van der Waals surface area contributed by atoms with Gasteiger partial charge in [0.15, 0.2) is 10.8 Å². The molecule has 2 heterocycles. The number of nitrogens with one attached hydrogen (secondary N) is 2. The molecule has 144 valence electrons. The van der Waals surface area contributed by atoms with E-state index in [1.807, 2.05) is 11.8 Å². The van der Waals surface area contributed by atoms with Crippen LogP contribution in [0.3, 0.4) is 0 Å². The van der Waals surface area contributed by atoms with Crippen molar-refractivity contribution in [2.45, 2.75) is 25.0 Å². The van der Waals surface area contributed by atoms with E-state index < -0.39 is 10.3 Å². The highest BCUT2D eigenvalue weighted by atomic mass is 32.2. The Hall–Kier alpha value is -2.37. The zero-order valence-electron chi connectivity index (χ0n) is 14.9. The summed E-state index contributed by atoms with van der Waals surface area (Å²) in [5, 5.41) is 9.08. The van der Waals surface area contributed by atoms with Crippen molar-refractivity contribution in [2.75, 3.05) is 15.8 Å². The van der Waals surface area contributed by atoms with Gasteiger partial charge in [0.25, 0.3) is 0 Å². The van der Waals surface area contributed by atoms with Crippen LogP contribution < -0.4 is 10.0 Å². The van der Waals surface area contributed by atoms with Gasteiger partial charge in [-0.1, -0.05) is 30.8 Å². The van der Waals surface area contributed by atoms with E-state index in [1.165, 1.54) is 0 Å². The van der Waals surface area contributed by atoms with E-state index >= 15 is 0 Å². The zero-order chi connectivity index (χ0) is 19.4. The normalized spacial score (nSPS) is 11.7. The van der Waals surface area contributed by atoms with Crippen LogP contribution in [0.2, 0.25) is 0 Å². The first-order valence-corrected chi connectivity index (χ1v) is 10.7. The van der Waals surface area contributed by atoms with E-state index in [1.54, 1.807) is 46.9 Å². The molecular weight excluding hydrogens is 388 g/mol. The van der Waals surface area contributed by atoms with Crippen molar-refractivity contribution in [3.05, 3.63) is 36.0 Å². The first-order valence-electron chi connectivity index (χ1n) is 8.26. The van der Waals surface area contributed by atoms with Crippen LogP contribution in [0.5, 0.6) is 0 Å². The van der Waals surface area contributed by atoms with E-state index in [9.17, 15) is 8.42 Å². The number of rotatable bonds is 8. The highest BCUT2D eigenvalue weighted by Crippen LogP contribution is 2.25. The highest BCUT2D eigenvalue weighted by molar-refractivity contribution is 7.99. The highest BCUT2D eigenvalue weighted by Gasteiger charge is 2.12. The molecular formula is C16H20N6O3S2. The van der Waals surface area contributed by atoms with Gasteiger partial charge in [0, 0.05) is 19.3 Å². The second kappa shape index (κ2) is 8.11. The number of hydrogen-bond acceptors (Lipinski definition) is 7. The number of nitrogens with zero attached hydrogens (tertiary/aromatic N) is 4. The third-order valence-corrected chi connectivity index (χ3v) is 5.21. The Morgan fingerprint density at radius 2 is 1.96 bits per heavy atom. The van der Waals surface area contributed by atoms with Crippen molar-refractivity contribution >= 4 is 44.6 Å². The van der Waals surface area contributed by atoms with Crippen molar-refractivity contribution in [2.24, 2.45) is 7.05 Å². The predicted octanol–water partition coefficient (Wildman–Crippen LogP) is 2.69. The average Bonchev–Trinajstić information content (AvgIpc) is 2.99. The Morgan fingerprint density at radius 3 is 2.63 bits per heavy atom. The molecule has 0 atom stereocenters. The van der Waals surface area contributed by atoms with Gasteiger partial charge in [-0.2, -0.15) is 13.5 Å². The Labute approximate surface area is 161 Å². The van der Waals surface area contributed by atoms with Crippen LogP contribution in [0.1, 0.15) is 18.9 Å². The molecule has 0 spiro atoms. The number of thioether (sulfide) groups is 1. The van der Waals surface area contributed by atoms with E-state index in [0.717, 1.165) is 28.8 Å². The molecule has 0 unspecified atom stereocenters. The van der Waals surface area contributed by atoms with Gasteiger partial charge < -0.3 is 5.32 Å². The first-order chi connectivity index (χ1) is 12.9. The number of aryl methyl sites for hydroxylation is 1. The molecule has 0 saturated carbocycles. The third-order valence-electron chi connectivity index (χ3n) is 3.67. The molecule has 3 aromatic rings. The minimum Gasteiger partial charge on any atom is -0.365 e. The Bertz CT molecular complexity index is 1030. The minimum atomic E-state index is -4.27. The van der Waals surface area contributed by atoms with E-state index in [4.69, 9.17) is 4.55 Å². The lowest BCUT2D eigenvalue weighted by atomic mass is 10.2. The molecule has 0 bridgehead atoms. The molecule has 0 aliphatic rings. The van der Waals surface area contributed by atoms with Crippen LogP contribution >= 0.6 is 11.8 Å². The average molecular weight is 409 g/mol. The number of fused-ring (bicyclic) bond motifs is 1. The van der Waals surface area contributed by atoms with Crippen LogP contribution in [0.25, 0.3) is 11.0 Å². The van der Waals surface area contributed by atoms with E-state index in [-0.39, 0.29) is 5.69 Å². The molecule has 2 aromatic heterocycles. The van der Waals surface area contributed by atoms with Gasteiger partial charge in [0.1, 0.15) is 5.82 Å². The molecule has 3 rings (SSSR count). The smallest absolute Gasteiger partial charge is 0.357 e. The van der Waals surface area contributed by atoms with Crippen LogP contribution in [-0.2, 0) is 23.9 Å². The zero-order valence-corrected chi connectivity index (χ0v) is 16.5. The summed E-state index contributed by atoms with van der Waals surface area (Å²) in [6.07, 6.45) is 2.76. The molecule has 0 amide bonds. The van der Waals surface area contributed by atoms with E-state index in [0.29, 0.717) is 17.5 Å². The van der Waals surface area contributed by atoms with Gasteiger partial charge in [-0.05, 0) is 24.1 Å². The molecule has 11 heteroatoms. The van der Waals surface area contributed by atoms with Gasteiger partial charge in [-0.3, -0.25) is 14.0 Å². The third kappa shape index (κ3) is 5.08. The summed E-state index contributed by atoms with van der Waals surface area (Å²) in [6, 6.07) is 6.67. The topological polar surface area (TPSA) is 122 Å². The quantitative estimate of drug-likeness (QED) is 0.295. The summed E-state index contributed by atoms with van der Waals surface area (Å²) >= 11 is 1.60. The number of anilines is 2. The molecule has 1 aromatic carbocycles. The summed E-state index contributed by atoms with van der Waals surface area (Å²) in [4.78, 5) is 9.15. The van der Waals surface area contributed by atoms with Crippen LogP contribution in [0, 0.1) is 0 Å². The first kappa shape index (κ1) is 19.4. The number of benzene rings is 1. The summed E-state index contributed by atoms with van der Waals surface area (Å²) in [6.45, 7) is 2.60. The maximum atomic E-state index is 10.8. The summed E-state index contributed by atoms with van der Waals surface area (Å²) in [7, 11) is -2.43. The molecule has 3 N–H and O–H groups in total. The monoisotopic (exact) mass is 408 g/mol. The van der Waals surface area contributed by atoms with E-state index in [2.05, 4.69) is 27.3 Å². The van der Waals surface area contributed by atoms with Crippen LogP contribution in [0.4, 0.5) is 11.5 Å². The second-order valence-electron chi connectivity index (χ2n) is 5.84. The summed E-state index contributed by atoms with van der Waals surface area (Å²) < 4.78 is 34.2. The van der Waals surface area contributed by atoms with Crippen molar-refractivity contribution in [3.8, 4) is 0 Å². The SMILES string of the molecule is CCCSc1nc(NCc2ccc(NS(=O)(=O)O)cc2)c2cnn(C)c2n1. The number of hydrogen-bond donors (Lipinski definition) is 3. The van der Waals surface area contributed by atoms with Gasteiger partial charge in [-0.15, -0.1) is 0 Å². The fourth-order valence-electron chi connectivity index (χ4n) is 2.42. The minimum absolute atomic E-state index is 0.288. The lowest BCUT2D eigenvalue weighted by molar-refractivity contribution is 0.489. The molecule has 0 aliphatic carbocycles. The second-order valence-corrected chi connectivity index (χ2v) is 8.05. The fraction of sp³-hybridized carbons (Fsp3) is 0.312. The van der Waals surface area contributed by atoms with Crippen LogP contribution in [-0.4, -0.2) is 38.5 Å². The number of aromatic nitrogens is 4. The summed E-state index contributed by atoms with van der Waals surface area (Å²) in [5.74, 6) is 1.64. The molecule has 9 nitrogen and oxygen atoms in total. The van der Waals surface area contributed by atoms with Crippen molar-refractivity contribution in [1.29, 1.82) is 0 Å². The molecule has 0 saturated heterocycles. The molecule has 0 fully saturated rings. The van der Waals surface area contributed by atoms with Crippen LogP contribution in [0.15, 0.2) is 35.6 Å². The molecule has 27 heavy (non-hydrogen) atoms. The van der Waals surface area contributed by atoms with Gasteiger partial charge in [0.05, 0.1) is 17.3 Å². The summed E-state index contributed by atoms with van der Waals surface area (Å²) in [5.41, 5.74) is 1.98. The largest absolute Gasteiger partial charge is 0.365 e. The Kier molecular flexibility index (Phi) is 5.82. The van der Waals surface area contributed by atoms with Crippen molar-refractivity contribution in [3.63, 3.8) is 0 Å². The maximum absolute atomic E-state index is 10.8. The van der Waals surface area contributed by atoms with Crippen molar-refractivity contribution in [1.82, 2.24) is 19.7 Å². The standard InChI is InChI=1S/C16H20N6O3S2/c1-3-8-26-16-19-14(13-10-18-22(2)15(13)20-16)17-9-11-4-6-12(7-5-11)21-27(23,24)25/h4-7,10,21H,3,8-9H2,1-2H3,(H,17,19,20)(H,23,24,25).